The van der Waals surface area contributed by atoms with Crippen molar-refractivity contribution in [3.05, 3.63) is 65.2 Å². The van der Waals surface area contributed by atoms with Crippen molar-refractivity contribution in [2.45, 2.75) is 32.6 Å². The van der Waals surface area contributed by atoms with Crippen LogP contribution in [0.3, 0.4) is 0 Å². The van der Waals surface area contributed by atoms with E-state index in [0.29, 0.717) is 21.6 Å². The number of phenols is 1. The second-order valence-electron chi connectivity index (χ2n) is 6.05. The normalized spacial score (nSPS) is 12.0. The van der Waals surface area contributed by atoms with Crippen LogP contribution in [0.1, 0.15) is 47.7 Å². The highest BCUT2D eigenvalue weighted by Crippen LogP contribution is 2.17. The summed E-state index contributed by atoms with van der Waals surface area (Å²) in [5.41, 5.74) is 2.56. The standard InChI is InChI=1S/C21H26O2S/c1-3-15-24(2)16-5-4-6-17-7-9-18(10-8-17)21(23)19-11-13-20(22)14-12-19/h7-14,22H,2-6,15-16H2,1H3. The molecule has 2 nitrogen and oxygen atoms in total. The minimum Gasteiger partial charge on any atom is -0.508 e. The highest BCUT2D eigenvalue weighted by atomic mass is 32.2. The maximum atomic E-state index is 12.4. The van der Waals surface area contributed by atoms with Crippen molar-refractivity contribution in [3.8, 4) is 5.75 Å². The predicted molar refractivity (Wildman–Crippen MR) is 106 cm³/mol. The van der Waals surface area contributed by atoms with E-state index in [4.69, 9.17) is 0 Å². The number of phenolic OH excluding ortho intramolecular Hbond substituents is 1. The largest absolute Gasteiger partial charge is 0.508 e. The lowest BCUT2D eigenvalue weighted by molar-refractivity contribution is 0.103. The topological polar surface area (TPSA) is 37.3 Å². The quantitative estimate of drug-likeness (QED) is 0.393. The highest BCUT2D eigenvalue weighted by molar-refractivity contribution is 8.14. The first-order valence-electron chi connectivity index (χ1n) is 8.50. The molecule has 0 aliphatic heterocycles. The zero-order valence-electron chi connectivity index (χ0n) is 14.3. The summed E-state index contributed by atoms with van der Waals surface area (Å²) in [4.78, 5) is 12.4. The molecule has 0 saturated heterocycles. The molecule has 0 aliphatic rings. The van der Waals surface area contributed by atoms with E-state index >= 15 is 0 Å². The van der Waals surface area contributed by atoms with E-state index in [1.807, 2.05) is 24.3 Å². The summed E-state index contributed by atoms with van der Waals surface area (Å²) < 4.78 is 0. The minimum absolute atomic E-state index is 0.0118. The Hall–Kier alpha value is -1.87. The average Bonchev–Trinajstić information content (AvgIpc) is 2.60. The first kappa shape index (κ1) is 18.5. The Bertz CT molecular complexity index is 672. The number of unbranched alkanes of at least 4 members (excludes halogenated alkanes) is 1. The van der Waals surface area contributed by atoms with Gasteiger partial charge in [-0.2, -0.15) is 10.5 Å². The molecule has 2 aromatic carbocycles. The van der Waals surface area contributed by atoms with Gasteiger partial charge in [0, 0.05) is 11.1 Å². The fourth-order valence-electron chi connectivity index (χ4n) is 2.63. The van der Waals surface area contributed by atoms with Gasteiger partial charge in [0.2, 0.25) is 0 Å². The van der Waals surface area contributed by atoms with E-state index in [-0.39, 0.29) is 11.5 Å². The van der Waals surface area contributed by atoms with Crippen molar-refractivity contribution in [2.24, 2.45) is 0 Å². The lowest BCUT2D eigenvalue weighted by Crippen LogP contribution is -2.01. The van der Waals surface area contributed by atoms with Crippen LogP contribution in [0.4, 0.5) is 0 Å². The minimum atomic E-state index is -0.0118. The Labute approximate surface area is 147 Å². The van der Waals surface area contributed by atoms with Crippen LogP contribution in [0, 0.1) is 0 Å². The molecular formula is C21H26O2S. The molecule has 3 heteroatoms. The molecular weight excluding hydrogens is 316 g/mol. The molecule has 0 aliphatic carbocycles. The molecule has 1 unspecified atom stereocenters. The van der Waals surface area contributed by atoms with Crippen LogP contribution in [0.5, 0.6) is 5.75 Å². The maximum absolute atomic E-state index is 12.4. The number of rotatable bonds is 9. The Morgan fingerprint density at radius 3 is 2.12 bits per heavy atom. The monoisotopic (exact) mass is 342 g/mol. The van der Waals surface area contributed by atoms with Gasteiger partial charge < -0.3 is 5.11 Å². The van der Waals surface area contributed by atoms with Crippen molar-refractivity contribution in [1.29, 1.82) is 0 Å². The van der Waals surface area contributed by atoms with E-state index in [1.165, 1.54) is 48.5 Å². The molecule has 0 radical (unpaired) electrons. The Morgan fingerprint density at radius 2 is 1.54 bits per heavy atom. The van der Waals surface area contributed by atoms with Gasteiger partial charge in [-0.3, -0.25) is 4.79 Å². The van der Waals surface area contributed by atoms with Crippen molar-refractivity contribution in [3.63, 3.8) is 0 Å². The van der Waals surface area contributed by atoms with E-state index in [0.717, 1.165) is 6.42 Å². The molecule has 0 saturated carbocycles. The van der Waals surface area contributed by atoms with Crippen LogP contribution in [0.2, 0.25) is 0 Å². The number of hydrogen-bond acceptors (Lipinski definition) is 2. The Balaban J connectivity index is 1.85. The highest BCUT2D eigenvalue weighted by Gasteiger charge is 2.08. The first-order valence-corrected chi connectivity index (χ1v) is 10.2. The van der Waals surface area contributed by atoms with Crippen molar-refractivity contribution in [1.82, 2.24) is 0 Å². The van der Waals surface area contributed by atoms with Gasteiger partial charge in [-0.25, -0.2) is 0 Å². The van der Waals surface area contributed by atoms with Crippen LogP contribution in [-0.4, -0.2) is 28.3 Å². The van der Waals surface area contributed by atoms with Crippen LogP contribution in [0.15, 0.2) is 48.5 Å². The molecule has 128 valence electrons. The smallest absolute Gasteiger partial charge is 0.193 e. The zero-order chi connectivity index (χ0) is 17.4. The van der Waals surface area contributed by atoms with Gasteiger partial charge in [-0.1, -0.05) is 37.1 Å². The molecule has 0 fully saturated rings. The van der Waals surface area contributed by atoms with Gasteiger partial charge in [0.1, 0.15) is 5.75 Å². The number of aromatic hydroxyl groups is 1. The van der Waals surface area contributed by atoms with Crippen molar-refractivity contribution in [2.75, 3.05) is 11.5 Å². The number of hydrogen-bond donors (Lipinski definition) is 1. The number of carbonyl (C=O) groups is 1. The molecule has 0 spiro atoms. The summed E-state index contributed by atoms with van der Waals surface area (Å²) in [5, 5.41) is 9.30. The molecule has 0 heterocycles. The lowest BCUT2D eigenvalue weighted by atomic mass is 10.0. The van der Waals surface area contributed by atoms with E-state index in [1.54, 1.807) is 12.1 Å². The van der Waals surface area contributed by atoms with Crippen LogP contribution in [0.25, 0.3) is 0 Å². The maximum Gasteiger partial charge on any atom is 0.193 e. The number of aryl methyl sites for hydroxylation is 1. The number of ketones is 1. The van der Waals surface area contributed by atoms with Crippen molar-refractivity contribution >= 4 is 22.1 Å². The fourth-order valence-corrected chi connectivity index (χ4v) is 4.02. The number of carbonyl (C=O) groups excluding carboxylic acids is 1. The summed E-state index contributed by atoms with van der Waals surface area (Å²) in [5.74, 6) is 6.84. The summed E-state index contributed by atoms with van der Waals surface area (Å²) in [6, 6.07) is 14.3. The molecule has 0 aromatic heterocycles. The van der Waals surface area contributed by atoms with Gasteiger partial charge in [0.05, 0.1) is 0 Å². The fraction of sp³-hybridized carbons (Fsp3) is 0.333. The third-order valence-corrected chi connectivity index (χ3v) is 5.84. The van der Waals surface area contributed by atoms with E-state index in [9.17, 15) is 9.90 Å². The van der Waals surface area contributed by atoms with Gasteiger partial charge in [0.25, 0.3) is 0 Å². The molecule has 0 bridgehead atoms. The lowest BCUT2D eigenvalue weighted by Gasteiger charge is -2.07. The molecule has 2 aromatic rings. The Kier molecular flexibility index (Phi) is 7.26. The van der Waals surface area contributed by atoms with Crippen molar-refractivity contribution < 1.29 is 9.90 Å². The molecule has 2 rings (SSSR count). The molecule has 24 heavy (non-hydrogen) atoms. The SMILES string of the molecule is C=S(CCC)CCCCc1ccc(C(=O)c2ccc(O)cc2)cc1. The van der Waals surface area contributed by atoms with Gasteiger partial charge in [0.15, 0.2) is 5.78 Å². The average molecular weight is 343 g/mol. The first-order chi connectivity index (χ1) is 11.6. The molecule has 1 atom stereocenters. The number of benzene rings is 2. The van der Waals surface area contributed by atoms with Gasteiger partial charge >= 0.3 is 0 Å². The molecule has 1 N–H and O–H groups in total. The molecule has 0 amide bonds. The van der Waals surface area contributed by atoms with Crippen LogP contribution >= 0.6 is 10.5 Å². The Morgan fingerprint density at radius 1 is 0.958 bits per heavy atom. The van der Waals surface area contributed by atoms with E-state index < -0.39 is 0 Å². The van der Waals surface area contributed by atoms with E-state index in [2.05, 4.69) is 12.8 Å². The summed E-state index contributed by atoms with van der Waals surface area (Å²) >= 11 is 0. The summed E-state index contributed by atoms with van der Waals surface area (Å²) in [6.45, 7) is 2.21. The second-order valence-corrected chi connectivity index (χ2v) is 8.09. The predicted octanol–water partition coefficient (Wildman–Crippen LogP) is 5.06. The third-order valence-electron chi connectivity index (χ3n) is 3.99. The summed E-state index contributed by atoms with van der Waals surface area (Å²) in [6.07, 6.45) is 4.68. The van der Waals surface area contributed by atoms with Gasteiger partial charge in [-0.05, 0) is 67.0 Å². The summed E-state index contributed by atoms with van der Waals surface area (Å²) in [7, 11) is 0.327. The van der Waals surface area contributed by atoms with Gasteiger partial charge in [-0.15, -0.1) is 0 Å². The van der Waals surface area contributed by atoms with Crippen LogP contribution in [-0.2, 0) is 6.42 Å². The zero-order valence-corrected chi connectivity index (χ0v) is 15.1. The second kappa shape index (κ2) is 9.43. The third kappa shape index (κ3) is 5.64. The van der Waals surface area contributed by atoms with Crippen LogP contribution < -0.4 is 0 Å².